The Kier molecular flexibility index (Phi) is 7.26. The summed E-state index contributed by atoms with van der Waals surface area (Å²) in [5.41, 5.74) is 3.37. The molecule has 5 rings (SSSR count). The van der Waals surface area contributed by atoms with Crippen molar-refractivity contribution in [3.8, 4) is 11.5 Å². The lowest BCUT2D eigenvalue weighted by atomic mass is 10.1. The number of rotatable bonds is 7. The molecule has 1 fully saturated rings. The standard InChI is InChI=1S/C29H32N6O3/c1-19-14-21(33-28-24-16-27(34(2)3)30-17-25(24)31-18-32-28)8-9-26(19)38-22-10-12-35(13-11-22)29(36)20-6-5-7-23(15-20)37-4/h5-9,14-18,22H,10-13H2,1-4H3,(H,31,32,33). The third-order valence-corrected chi connectivity index (χ3v) is 6.74. The van der Waals surface area contributed by atoms with E-state index in [0.717, 1.165) is 52.4 Å². The molecule has 9 nitrogen and oxygen atoms in total. The number of pyridine rings is 1. The summed E-state index contributed by atoms with van der Waals surface area (Å²) in [5, 5.41) is 4.32. The van der Waals surface area contributed by atoms with Crippen LogP contribution >= 0.6 is 0 Å². The summed E-state index contributed by atoms with van der Waals surface area (Å²) in [6.45, 7) is 3.35. The summed E-state index contributed by atoms with van der Waals surface area (Å²) >= 11 is 0. The van der Waals surface area contributed by atoms with E-state index in [1.807, 2.05) is 67.2 Å². The smallest absolute Gasteiger partial charge is 0.253 e. The monoisotopic (exact) mass is 512 g/mol. The molecule has 0 bridgehead atoms. The zero-order chi connectivity index (χ0) is 26.6. The van der Waals surface area contributed by atoms with E-state index in [2.05, 4.69) is 26.3 Å². The molecule has 2 aromatic carbocycles. The van der Waals surface area contributed by atoms with Crippen LogP contribution < -0.4 is 19.7 Å². The van der Waals surface area contributed by atoms with Gasteiger partial charge in [0.15, 0.2) is 0 Å². The van der Waals surface area contributed by atoms with E-state index in [-0.39, 0.29) is 12.0 Å². The van der Waals surface area contributed by atoms with Crippen LogP contribution in [0.25, 0.3) is 10.9 Å². The fraction of sp³-hybridized carbons (Fsp3) is 0.310. The quantitative estimate of drug-likeness (QED) is 0.376. The zero-order valence-corrected chi connectivity index (χ0v) is 22.1. The number of likely N-dealkylation sites (tertiary alicyclic amines) is 1. The van der Waals surface area contributed by atoms with E-state index >= 15 is 0 Å². The highest BCUT2D eigenvalue weighted by Crippen LogP contribution is 2.29. The molecule has 0 spiro atoms. The Morgan fingerprint density at radius 3 is 2.61 bits per heavy atom. The van der Waals surface area contributed by atoms with Crippen LogP contribution in [0.4, 0.5) is 17.3 Å². The SMILES string of the molecule is COc1cccc(C(=O)N2CCC(Oc3ccc(Nc4ncnc5cnc(N(C)C)cc45)cc3C)CC2)c1. The van der Waals surface area contributed by atoms with Crippen molar-refractivity contribution in [1.29, 1.82) is 0 Å². The number of nitrogens with zero attached hydrogens (tertiary/aromatic N) is 5. The Morgan fingerprint density at radius 2 is 1.87 bits per heavy atom. The van der Waals surface area contributed by atoms with Crippen LogP contribution in [0.15, 0.2) is 61.1 Å². The number of hydrogen-bond donors (Lipinski definition) is 1. The number of anilines is 3. The van der Waals surface area contributed by atoms with Gasteiger partial charge in [0.25, 0.3) is 5.91 Å². The predicted molar refractivity (Wildman–Crippen MR) is 149 cm³/mol. The summed E-state index contributed by atoms with van der Waals surface area (Å²) in [5.74, 6) is 3.12. The van der Waals surface area contributed by atoms with Crippen molar-refractivity contribution < 1.29 is 14.3 Å². The molecule has 1 saturated heterocycles. The normalized spacial score (nSPS) is 13.8. The van der Waals surface area contributed by atoms with Crippen molar-refractivity contribution in [3.63, 3.8) is 0 Å². The second kappa shape index (κ2) is 10.9. The van der Waals surface area contributed by atoms with Crippen molar-refractivity contribution in [3.05, 3.63) is 72.2 Å². The number of nitrogens with one attached hydrogen (secondary N) is 1. The van der Waals surface area contributed by atoms with Gasteiger partial charge in [-0.25, -0.2) is 15.0 Å². The van der Waals surface area contributed by atoms with Crippen LogP contribution in [0, 0.1) is 6.92 Å². The van der Waals surface area contributed by atoms with Crippen LogP contribution in [0.1, 0.15) is 28.8 Å². The maximum Gasteiger partial charge on any atom is 0.253 e. The molecule has 0 aliphatic carbocycles. The van der Waals surface area contributed by atoms with Crippen molar-refractivity contribution in [2.24, 2.45) is 0 Å². The van der Waals surface area contributed by atoms with Gasteiger partial charge in [0.05, 0.1) is 18.8 Å². The number of piperidine rings is 1. The van der Waals surface area contributed by atoms with E-state index in [1.54, 1.807) is 19.4 Å². The van der Waals surface area contributed by atoms with Crippen molar-refractivity contribution in [2.75, 3.05) is 44.5 Å². The molecule has 2 aromatic heterocycles. The average Bonchev–Trinajstić information content (AvgIpc) is 2.94. The highest BCUT2D eigenvalue weighted by molar-refractivity contribution is 5.94. The molecule has 1 aliphatic rings. The molecule has 1 amide bonds. The van der Waals surface area contributed by atoms with Gasteiger partial charge in [-0.2, -0.15) is 0 Å². The van der Waals surface area contributed by atoms with Gasteiger partial charge in [0.2, 0.25) is 0 Å². The Hall–Kier alpha value is -4.40. The lowest BCUT2D eigenvalue weighted by molar-refractivity contribution is 0.0594. The first kappa shape index (κ1) is 25.3. The van der Waals surface area contributed by atoms with E-state index in [4.69, 9.17) is 9.47 Å². The summed E-state index contributed by atoms with van der Waals surface area (Å²) in [6, 6.07) is 15.3. The summed E-state index contributed by atoms with van der Waals surface area (Å²) < 4.78 is 11.6. The van der Waals surface area contributed by atoms with E-state index in [9.17, 15) is 4.79 Å². The Morgan fingerprint density at radius 1 is 1.05 bits per heavy atom. The number of ether oxygens (including phenoxy) is 2. The molecule has 3 heterocycles. The molecule has 0 atom stereocenters. The van der Waals surface area contributed by atoms with E-state index in [1.165, 1.54) is 6.33 Å². The molecule has 196 valence electrons. The lowest BCUT2D eigenvalue weighted by Crippen LogP contribution is -2.41. The molecule has 9 heteroatoms. The van der Waals surface area contributed by atoms with Gasteiger partial charge in [-0.15, -0.1) is 0 Å². The predicted octanol–water partition coefficient (Wildman–Crippen LogP) is 4.84. The number of hydrogen-bond acceptors (Lipinski definition) is 8. The van der Waals surface area contributed by atoms with Gasteiger partial charge in [-0.1, -0.05) is 6.07 Å². The molecule has 4 aromatic rings. The summed E-state index contributed by atoms with van der Waals surface area (Å²) in [7, 11) is 5.51. The Balaban J connectivity index is 1.22. The highest BCUT2D eigenvalue weighted by Gasteiger charge is 2.25. The van der Waals surface area contributed by atoms with Gasteiger partial charge in [-0.3, -0.25) is 4.79 Å². The number of methoxy groups -OCH3 is 1. The highest BCUT2D eigenvalue weighted by atomic mass is 16.5. The summed E-state index contributed by atoms with van der Waals surface area (Å²) in [6.07, 6.45) is 4.92. The van der Waals surface area contributed by atoms with Crippen molar-refractivity contribution in [2.45, 2.75) is 25.9 Å². The minimum absolute atomic E-state index is 0.0275. The first-order valence-corrected chi connectivity index (χ1v) is 12.7. The number of carbonyl (C=O) groups is 1. The van der Waals surface area contributed by atoms with Crippen LogP contribution in [-0.2, 0) is 0 Å². The van der Waals surface area contributed by atoms with Gasteiger partial charge in [0.1, 0.15) is 35.6 Å². The lowest BCUT2D eigenvalue weighted by Gasteiger charge is -2.32. The van der Waals surface area contributed by atoms with Crippen LogP contribution in [0.3, 0.4) is 0 Å². The molecular weight excluding hydrogens is 480 g/mol. The topological polar surface area (TPSA) is 92.7 Å². The second-order valence-electron chi connectivity index (χ2n) is 9.62. The third kappa shape index (κ3) is 5.46. The fourth-order valence-corrected chi connectivity index (χ4v) is 4.58. The molecule has 1 aliphatic heterocycles. The van der Waals surface area contributed by atoms with Gasteiger partial charge in [0, 0.05) is 56.7 Å². The second-order valence-corrected chi connectivity index (χ2v) is 9.62. The Bertz CT molecular complexity index is 1450. The van der Waals surface area contributed by atoms with Crippen molar-refractivity contribution in [1.82, 2.24) is 19.9 Å². The summed E-state index contributed by atoms with van der Waals surface area (Å²) in [4.78, 5) is 30.0. The molecular formula is C29H32N6O3. The molecule has 1 N–H and O–H groups in total. The van der Waals surface area contributed by atoms with Gasteiger partial charge < -0.3 is 24.6 Å². The third-order valence-electron chi connectivity index (χ3n) is 6.74. The average molecular weight is 513 g/mol. The maximum absolute atomic E-state index is 12.9. The molecule has 0 unspecified atom stereocenters. The molecule has 0 radical (unpaired) electrons. The largest absolute Gasteiger partial charge is 0.497 e. The zero-order valence-electron chi connectivity index (χ0n) is 22.1. The number of aryl methyl sites for hydroxylation is 1. The first-order valence-electron chi connectivity index (χ1n) is 12.7. The first-order chi connectivity index (χ1) is 18.4. The fourth-order valence-electron chi connectivity index (χ4n) is 4.58. The van der Waals surface area contributed by atoms with Gasteiger partial charge >= 0.3 is 0 Å². The maximum atomic E-state index is 12.9. The van der Waals surface area contributed by atoms with Gasteiger partial charge in [-0.05, 0) is 55.0 Å². The van der Waals surface area contributed by atoms with Crippen molar-refractivity contribution >= 4 is 34.1 Å². The minimum Gasteiger partial charge on any atom is -0.497 e. The minimum atomic E-state index is 0.0275. The number of fused-ring (bicyclic) bond motifs is 1. The number of aromatic nitrogens is 3. The van der Waals surface area contributed by atoms with Crippen LogP contribution in [-0.4, -0.2) is 66.2 Å². The molecule has 38 heavy (non-hydrogen) atoms. The van der Waals surface area contributed by atoms with Crippen LogP contribution in [0.2, 0.25) is 0 Å². The Labute approximate surface area is 222 Å². The van der Waals surface area contributed by atoms with Crippen LogP contribution in [0.5, 0.6) is 11.5 Å². The number of amides is 1. The van der Waals surface area contributed by atoms with E-state index in [0.29, 0.717) is 24.4 Å². The van der Waals surface area contributed by atoms with E-state index < -0.39 is 0 Å². The number of benzene rings is 2. The molecule has 0 saturated carbocycles. The number of carbonyl (C=O) groups excluding carboxylic acids is 1.